The Balaban J connectivity index is 1.23. The number of rotatable bonds is 10. The number of aromatic nitrogens is 5. The number of fused-ring (bicyclic) bond motifs is 1. The molecular weight excluding hydrogens is 562 g/mol. The number of halogens is 4. The molecule has 224 valence electrons. The van der Waals surface area contributed by atoms with E-state index in [9.17, 15) is 31.9 Å². The Morgan fingerprint density at radius 3 is 2.40 bits per heavy atom. The highest BCUT2D eigenvalue weighted by Crippen LogP contribution is 2.45. The third-order valence-corrected chi connectivity index (χ3v) is 8.46. The lowest BCUT2D eigenvalue weighted by atomic mass is 9.79. The summed E-state index contributed by atoms with van der Waals surface area (Å²) in [4.78, 5) is 41.6. The van der Waals surface area contributed by atoms with Crippen LogP contribution in [-0.2, 0) is 4.79 Å². The molecule has 2 amide bonds. The van der Waals surface area contributed by atoms with Crippen LogP contribution >= 0.6 is 0 Å². The quantitative estimate of drug-likeness (QED) is 0.263. The zero-order valence-electron chi connectivity index (χ0n) is 22.4. The van der Waals surface area contributed by atoms with Gasteiger partial charge in [0.25, 0.3) is 5.91 Å². The van der Waals surface area contributed by atoms with Crippen LogP contribution in [-0.4, -0.2) is 54.9 Å². The molecule has 3 aromatic heterocycles. The van der Waals surface area contributed by atoms with Gasteiger partial charge < -0.3 is 10.6 Å². The second-order valence-corrected chi connectivity index (χ2v) is 11.7. The van der Waals surface area contributed by atoms with Crippen molar-refractivity contribution in [3.8, 4) is 0 Å². The van der Waals surface area contributed by atoms with E-state index in [1.54, 1.807) is 18.5 Å². The summed E-state index contributed by atoms with van der Waals surface area (Å²) >= 11 is 0. The maximum Gasteiger partial charge on any atom is 0.276 e. The van der Waals surface area contributed by atoms with Crippen LogP contribution in [0.15, 0.2) is 23.1 Å². The van der Waals surface area contributed by atoms with Crippen LogP contribution in [0.5, 0.6) is 0 Å². The molecule has 0 bridgehead atoms. The van der Waals surface area contributed by atoms with Gasteiger partial charge in [0.05, 0.1) is 30.2 Å². The Labute approximate surface area is 236 Å². The van der Waals surface area contributed by atoms with Gasteiger partial charge in [-0.15, -0.1) is 0 Å². The van der Waals surface area contributed by atoms with Crippen LogP contribution in [0.1, 0.15) is 102 Å². The monoisotopic (exact) mass is 591 g/mol. The molecule has 3 aromatic rings. The predicted molar refractivity (Wildman–Crippen MR) is 136 cm³/mol. The van der Waals surface area contributed by atoms with Gasteiger partial charge in [0.2, 0.25) is 23.4 Å². The first-order valence-corrected chi connectivity index (χ1v) is 14.0. The van der Waals surface area contributed by atoms with Gasteiger partial charge in [-0.3, -0.25) is 14.4 Å². The normalized spacial score (nSPS) is 21.8. The number of alkyl halides is 4. The lowest BCUT2D eigenvalue weighted by molar-refractivity contribution is -0.134. The van der Waals surface area contributed by atoms with Crippen LogP contribution in [0.25, 0.3) is 5.65 Å². The van der Waals surface area contributed by atoms with E-state index in [0.29, 0.717) is 23.2 Å². The lowest BCUT2D eigenvalue weighted by Gasteiger charge is -2.34. The molecule has 42 heavy (non-hydrogen) atoms. The van der Waals surface area contributed by atoms with Gasteiger partial charge in [-0.05, 0) is 65.4 Å². The molecule has 0 saturated heterocycles. The molecule has 3 aliphatic rings. The second-order valence-electron chi connectivity index (χ2n) is 11.7. The summed E-state index contributed by atoms with van der Waals surface area (Å²) in [5, 5.41) is 17.1. The molecule has 3 heterocycles. The zero-order valence-corrected chi connectivity index (χ0v) is 22.4. The number of nitrogens with one attached hydrogen (secondary N) is 2. The first-order valence-electron chi connectivity index (χ1n) is 14.0. The smallest absolute Gasteiger partial charge is 0.276 e. The molecule has 3 saturated carbocycles. The van der Waals surface area contributed by atoms with E-state index in [0.717, 1.165) is 12.8 Å². The van der Waals surface area contributed by atoms with Crippen molar-refractivity contribution in [2.45, 2.75) is 81.7 Å². The second kappa shape index (κ2) is 10.7. The van der Waals surface area contributed by atoms with Crippen molar-refractivity contribution in [2.75, 3.05) is 0 Å². The van der Waals surface area contributed by atoms with Crippen molar-refractivity contribution < 1.29 is 36.6 Å². The number of imidazole rings is 1. The Morgan fingerprint density at radius 2 is 1.74 bits per heavy atom. The Bertz CT molecular complexity index is 1490. The minimum absolute atomic E-state index is 0.0384. The van der Waals surface area contributed by atoms with Crippen molar-refractivity contribution in [1.29, 1.82) is 0 Å². The fraction of sp³-hybridized carbons (Fsp3) is 0.593. The number of nitrogens with zero attached hydrogens (tertiary/aromatic N) is 5. The van der Waals surface area contributed by atoms with Crippen molar-refractivity contribution in [2.24, 2.45) is 17.8 Å². The van der Waals surface area contributed by atoms with Crippen LogP contribution in [0.3, 0.4) is 0 Å². The molecule has 2 atom stereocenters. The summed E-state index contributed by atoms with van der Waals surface area (Å²) < 4.78 is 60.3. The fourth-order valence-corrected chi connectivity index (χ4v) is 6.03. The SMILES string of the molecule is O=Cc1nonc1C(=O)N[C@H](c1cn2ncc([C@H](NC(=O)CC3CC(F)(F)C3)C3CC3)cc2n1)C1CCC(F)(F)CC1. The molecule has 2 N–H and O–H groups in total. The molecule has 0 radical (unpaired) electrons. The summed E-state index contributed by atoms with van der Waals surface area (Å²) in [6.45, 7) is 0. The highest BCUT2D eigenvalue weighted by Gasteiger charge is 2.46. The zero-order chi connectivity index (χ0) is 29.6. The van der Waals surface area contributed by atoms with E-state index in [4.69, 9.17) is 0 Å². The molecule has 0 unspecified atom stereocenters. The molecule has 3 fully saturated rings. The first-order chi connectivity index (χ1) is 20.0. The summed E-state index contributed by atoms with van der Waals surface area (Å²) in [6.07, 6.45) is 4.39. The van der Waals surface area contributed by atoms with E-state index in [1.165, 1.54) is 4.52 Å². The van der Waals surface area contributed by atoms with Crippen molar-refractivity contribution in [1.82, 2.24) is 35.5 Å². The van der Waals surface area contributed by atoms with Gasteiger partial charge in [-0.2, -0.15) is 5.10 Å². The highest BCUT2D eigenvalue weighted by molar-refractivity contribution is 5.98. The van der Waals surface area contributed by atoms with Crippen LogP contribution in [0.2, 0.25) is 0 Å². The third kappa shape index (κ3) is 6.00. The van der Waals surface area contributed by atoms with Gasteiger partial charge in [-0.25, -0.2) is 31.7 Å². The van der Waals surface area contributed by atoms with E-state index in [1.807, 2.05) is 0 Å². The number of hydrogen-bond acceptors (Lipinski definition) is 8. The van der Waals surface area contributed by atoms with Crippen LogP contribution < -0.4 is 10.6 Å². The number of amides is 2. The largest absolute Gasteiger partial charge is 0.349 e. The van der Waals surface area contributed by atoms with Gasteiger partial charge in [0.1, 0.15) is 0 Å². The molecule has 0 spiro atoms. The predicted octanol–water partition coefficient (Wildman–Crippen LogP) is 4.22. The number of carbonyl (C=O) groups is 3. The Hall–Kier alpha value is -3.91. The average molecular weight is 592 g/mol. The maximum atomic E-state index is 14.0. The van der Waals surface area contributed by atoms with Crippen LogP contribution in [0, 0.1) is 17.8 Å². The van der Waals surface area contributed by atoms with E-state index in [2.05, 4.69) is 35.7 Å². The summed E-state index contributed by atoms with van der Waals surface area (Å²) in [5.74, 6) is -7.05. The molecule has 6 rings (SSSR count). The Morgan fingerprint density at radius 1 is 1.02 bits per heavy atom. The Kier molecular flexibility index (Phi) is 7.21. The number of carbonyl (C=O) groups excluding carboxylic acids is 3. The first kappa shape index (κ1) is 28.2. The standard InChI is InChI=1S/C27H29F4N7O4/c28-26(29)5-3-16(4-6-26)23(35-25(41)24-19(13-39)36-42-37-24)18-12-38-20(33-18)8-17(11-32-38)22(15-1-2-15)34-21(40)7-14-9-27(30,31)10-14/h8,11-16,22-23H,1-7,9-10H2,(H,34,40)(H,35,41)/t22-,23+/m1/s1. The van der Waals surface area contributed by atoms with Gasteiger partial charge in [0.15, 0.2) is 17.6 Å². The summed E-state index contributed by atoms with van der Waals surface area (Å²) in [6, 6.07) is 0.611. The summed E-state index contributed by atoms with van der Waals surface area (Å²) in [7, 11) is 0. The number of aldehydes is 1. The van der Waals surface area contributed by atoms with Gasteiger partial charge >= 0.3 is 0 Å². The molecule has 0 aliphatic heterocycles. The third-order valence-electron chi connectivity index (χ3n) is 8.46. The summed E-state index contributed by atoms with van der Waals surface area (Å²) in [5.41, 5.74) is 0.885. The molecule has 11 nitrogen and oxygen atoms in total. The van der Waals surface area contributed by atoms with Crippen molar-refractivity contribution >= 4 is 23.7 Å². The minimum Gasteiger partial charge on any atom is -0.349 e. The van der Waals surface area contributed by atoms with Crippen LogP contribution in [0.4, 0.5) is 17.6 Å². The minimum atomic E-state index is -2.79. The van der Waals surface area contributed by atoms with Gasteiger partial charge in [0, 0.05) is 32.1 Å². The maximum absolute atomic E-state index is 14.0. The van der Waals surface area contributed by atoms with E-state index < -0.39 is 23.8 Å². The van der Waals surface area contributed by atoms with E-state index >= 15 is 0 Å². The fourth-order valence-electron chi connectivity index (χ4n) is 6.03. The molecule has 3 aliphatic carbocycles. The van der Waals surface area contributed by atoms with Gasteiger partial charge in [-0.1, -0.05) is 0 Å². The van der Waals surface area contributed by atoms with Crippen molar-refractivity contribution in [3.05, 3.63) is 41.1 Å². The average Bonchev–Trinajstić information content (AvgIpc) is 3.49. The van der Waals surface area contributed by atoms with E-state index in [-0.39, 0.29) is 86.0 Å². The molecule has 0 aromatic carbocycles. The topological polar surface area (TPSA) is 144 Å². The lowest BCUT2D eigenvalue weighted by Crippen LogP contribution is -2.39. The van der Waals surface area contributed by atoms with Crippen molar-refractivity contribution in [3.63, 3.8) is 0 Å². The molecule has 15 heteroatoms. The number of hydrogen-bond donors (Lipinski definition) is 2. The highest BCUT2D eigenvalue weighted by atomic mass is 19.3. The molecular formula is C27H29F4N7O4.